The highest BCUT2D eigenvalue weighted by atomic mass is 35.5. The summed E-state index contributed by atoms with van der Waals surface area (Å²) < 4.78 is 5.71. The highest BCUT2D eigenvalue weighted by molar-refractivity contribution is 5.85. The van der Waals surface area contributed by atoms with Gasteiger partial charge in [0.05, 0.1) is 0 Å². The summed E-state index contributed by atoms with van der Waals surface area (Å²) in [4.78, 5) is 16.9. The number of nitrogens with zero attached hydrogens (tertiary/aromatic N) is 2. The summed E-state index contributed by atoms with van der Waals surface area (Å²) in [6, 6.07) is 8.59. The van der Waals surface area contributed by atoms with Gasteiger partial charge in [0.15, 0.2) is 6.61 Å². The highest BCUT2D eigenvalue weighted by Crippen LogP contribution is 2.24. The van der Waals surface area contributed by atoms with E-state index in [4.69, 9.17) is 4.74 Å². The van der Waals surface area contributed by atoms with Crippen molar-refractivity contribution in [2.45, 2.75) is 38.6 Å². The topological polar surface area (TPSA) is 44.8 Å². The number of nitrogens with one attached hydrogen (secondary N) is 1. The second-order valence-corrected chi connectivity index (χ2v) is 8.13. The van der Waals surface area contributed by atoms with Crippen molar-refractivity contribution in [2.75, 3.05) is 45.9 Å². The lowest BCUT2D eigenvalue weighted by molar-refractivity contribution is -0.132. The lowest BCUT2D eigenvalue weighted by Gasteiger charge is -2.32. The van der Waals surface area contributed by atoms with Gasteiger partial charge in [-0.05, 0) is 29.5 Å². The molecule has 2 aliphatic heterocycles. The number of halogens is 1. The highest BCUT2D eigenvalue weighted by Gasteiger charge is 2.30. The van der Waals surface area contributed by atoms with Crippen molar-refractivity contribution in [3.8, 4) is 5.75 Å². The zero-order valence-corrected chi connectivity index (χ0v) is 17.0. The average molecular weight is 382 g/mol. The summed E-state index contributed by atoms with van der Waals surface area (Å²) in [6.45, 7) is 12.7. The predicted octanol–water partition coefficient (Wildman–Crippen LogP) is 2.29. The van der Waals surface area contributed by atoms with Crippen LogP contribution in [0, 0.1) is 0 Å². The fraction of sp³-hybridized carbons (Fsp3) is 0.650. The Balaban J connectivity index is 0.00000243. The molecule has 1 aromatic carbocycles. The van der Waals surface area contributed by atoms with E-state index in [-0.39, 0.29) is 30.3 Å². The van der Waals surface area contributed by atoms with E-state index in [1.807, 2.05) is 17.0 Å². The Kier molecular flexibility index (Phi) is 7.33. The Morgan fingerprint density at radius 2 is 1.81 bits per heavy atom. The van der Waals surface area contributed by atoms with Gasteiger partial charge in [-0.3, -0.25) is 9.69 Å². The second-order valence-electron chi connectivity index (χ2n) is 8.13. The van der Waals surface area contributed by atoms with E-state index in [1.165, 1.54) is 5.56 Å². The van der Waals surface area contributed by atoms with Crippen molar-refractivity contribution in [1.29, 1.82) is 0 Å². The number of hydrogen-bond acceptors (Lipinski definition) is 4. The molecule has 0 radical (unpaired) electrons. The van der Waals surface area contributed by atoms with Crippen LogP contribution in [-0.2, 0) is 10.2 Å². The SMILES string of the molecule is CC(C)(C)c1ccc(OCC(=O)N2CCC(N3CCNCC3)C2)cc1.Cl. The van der Waals surface area contributed by atoms with Crippen molar-refractivity contribution in [3.63, 3.8) is 0 Å². The summed E-state index contributed by atoms with van der Waals surface area (Å²) in [5.41, 5.74) is 1.40. The number of ether oxygens (including phenoxy) is 1. The van der Waals surface area contributed by atoms with E-state index in [1.54, 1.807) is 0 Å². The number of rotatable bonds is 4. The Morgan fingerprint density at radius 3 is 2.42 bits per heavy atom. The van der Waals surface area contributed by atoms with E-state index in [0.29, 0.717) is 6.04 Å². The van der Waals surface area contributed by atoms with Crippen molar-refractivity contribution in [2.24, 2.45) is 0 Å². The zero-order chi connectivity index (χ0) is 17.9. The number of amides is 1. The first kappa shape index (κ1) is 21.0. The Labute approximate surface area is 163 Å². The monoisotopic (exact) mass is 381 g/mol. The maximum absolute atomic E-state index is 12.4. The fourth-order valence-electron chi connectivity index (χ4n) is 3.60. The molecule has 1 aromatic rings. The third kappa shape index (κ3) is 5.35. The van der Waals surface area contributed by atoms with Gasteiger partial charge in [0, 0.05) is 45.3 Å². The van der Waals surface area contributed by atoms with Crippen LogP contribution in [0.5, 0.6) is 5.75 Å². The molecule has 2 aliphatic rings. The number of carbonyl (C=O) groups excluding carboxylic acids is 1. The van der Waals surface area contributed by atoms with Gasteiger partial charge in [0.25, 0.3) is 5.91 Å². The standard InChI is InChI=1S/C20H31N3O2.ClH/c1-20(2,3)16-4-6-18(7-5-16)25-15-19(24)23-11-8-17(14-23)22-12-9-21-10-13-22;/h4-7,17,21H,8-15H2,1-3H3;1H. The first-order valence-corrected chi connectivity index (χ1v) is 9.39. The van der Waals surface area contributed by atoms with Crippen LogP contribution in [0.4, 0.5) is 0 Å². The predicted molar refractivity (Wildman–Crippen MR) is 107 cm³/mol. The summed E-state index contributed by atoms with van der Waals surface area (Å²) in [6.07, 6.45) is 1.08. The number of likely N-dealkylation sites (tertiary alicyclic amines) is 1. The fourth-order valence-corrected chi connectivity index (χ4v) is 3.60. The minimum Gasteiger partial charge on any atom is -0.484 e. The van der Waals surface area contributed by atoms with Crippen LogP contribution < -0.4 is 10.1 Å². The van der Waals surface area contributed by atoms with E-state index in [9.17, 15) is 4.79 Å². The summed E-state index contributed by atoms with van der Waals surface area (Å²) in [5, 5.41) is 3.38. The van der Waals surface area contributed by atoms with E-state index < -0.39 is 0 Å². The summed E-state index contributed by atoms with van der Waals surface area (Å²) in [7, 11) is 0. The van der Waals surface area contributed by atoms with Gasteiger partial charge in [-0.25, -0.2) is 0 Å². The lowest BCUT2D eigenvalue weighted by Crippen LogP contribution is -2.49. The number of hydrogen-bond donors (Lipinski definition) is 1. The van der Waals surface area contributed by atoms with Crippen LogP contribution in [0.3, 0.4) is 0 Å². The molecule has 6 heteroatoms. The molecule has 0 bridgehead atoms. The quantitative estimate of drug-likeness (QED) is 0.869. The van der Waals surface area contributed by atoms with Crippen LogP contribution in [-0.4, -0.2) is 67.6 Å². The van der Waals surface area contributed by atoms with Crippen LogP contribution in [0.15, 0.2) is 24.3 Å². The molecule has 0 aromatic heterocycles. The second kappa shape index (κ2) is 9.07. The lowest BCUT2D eigenvalue weighted by atomic mass is 9.87. The molecule has 146 valence electrons. The van der Waals surface area contributed by atoms with Gasteiger partial charge >= 0.3 is 0 Å². The molecular formula is C20H32ClN3O2. The molecule has 2 heterocycles. The van der Waals surface area contributed by atoms with Gasteiger partial charge in [-0.15, -0.1) is 12.4 Å². The molecule has 2 saturated heterocycles. The summed E-state index contributed by atoms with van der Waals surface area (Å²) in [5.74, 6) is 0.858. The van der Waals surface area contributed by atoms with E-state index in [2.05, 4.69) is 43.1 Å². The third-order valence-electron chi connectivity index (χ3n) is 5.27. The molecule has 2 fully saturated rings. The van der Waals surface area contributed by atoms with Crippen LogP contribution in [0.2, 0.25) is 0 Å². The van der Waals surface area contributed by atoms with Gasteiger partial charge in [-0.1, -0.05) is 32.9 Å². The van der Waals surface area contributed by atoms with Gasteiger partial charge in [0.1, 0.15) is 5.75 Å². The maximum Gasteiger partial charge on any atom is 0.260 e. The van der Waals surface area contributed by atoms with Crippen molar-refractivity contribution >= 4 is 18.3 Å². The molecule has 1 atom stereocenters. The molecule has 5 nitrogen and oxygen atoms in total. The van der Waals surface area contributed by atoms with Crippen LogP contribution >= 0.6 is 12.4 Å². The number of carbonyl (C=O) groups is 1. The first-order valence-electron chi connectivity index (χ1n) is 9.39. The summed E-state index contributed by atoms with van der Waals surface area (Å²) >= 11 is 0. The molecule has 0 aliphatic carbocycles. The third-order valence-corrected chi connectivity index (χ3v) is 5.27. The number of benzene rings is 1. The Morgan fingerprint density at radius 1 is 1.15 bits per heavy atom. The van der Waals surface area contributed by atoms with Gasteiger partial charge in [-0.2, -0.15) is 0 Å². The first-order chi connectivity index (χ1) is 11.9. The molecule has 3 rings (SSSR count). The van der Waals surface area contributed by atoms with Crippen LogP contribution in [0.1, 0.15) is 32.8 Å². The smallest absolute Gasteiger partial charge is 0.260 e. The average Bonchev–Trinajstić information content (AvgIpc) is 3.10. The molecule has 1 amide bonds. The van der Waals surface area contributed by atoms with Crippen molar-refractivity contribution < 1.29 is 9.53 Å². The maximum atomic E-state index is 12.4. The molecule has 0 spiro atoms. The van der Waals surface area contributed by atoms with Crippen molar-refractivity contribution in [1.82, 2.24) is 15.1 Å². The normalized spacial score (nSPS) is 21.3. The van der Waals surface area contributed by atoms with E-state index in [0.717, 1.165) is 51.4 Å². The van der Waals surface area contributed by atoms with E-state index >= 15 is 0 Å². The zero-order valence-electron chi connectivity index (χ0n) is 16.2. The number of piperazine rings is 1. The van der Waals surface area contributed by atoms with Gasteiger partial charge < -0.3 is 15.0 Å². The minimum atomic E-state index is 0. The molecule has 1 unspecified atom stereocenters. The van der Waals surface area contributed by atoms with Crippen LogP contribution in [0.25, 0.3) is 0 Å². The molecule has 1 N–H and O–H groups in total. The Hall–Kier alpha value is -1.30. The largest absolute Gasteiger partial charge is 0.484 e. The van der Waals surface area contributed by atoms with Crippen molar-refractivity contribution in [3.05, 3.63) is 29.8 Å². The molecule has 26 heavy (non-hydrogen) atoms. The Bertz CT molecular complexity index is 580. The molecule has 0 saturated carbocycles. The van der Waals surface area contributed by atoms with Gasteiger partial charge in [0.2, 0.25) is 0 Å². The molecular weight excluding hydrogens is 350 g/mol. The minimum absolute atomic E-state index is 0.